The van der Waals surface area contributed by atoms with Gasteiger partial charge >= 0.3 is 5.97 Å². The Bertz CT molecular complexity index is 209. The number of carbonyl (C=O) groups excluding carboxylic acids is 1. The van der Waals surface area contributed by atoms with Gasteiger partial charge in [-0.15, -0.1) is 0 Å². The van der Waals surface area contributed by atoms with Crippen molar-refractivity contribution >= 4 is 5.97 Å². The van der Waals surface area contributed by atoms with Gasteiger partial charge in [0.2, 0.25) is 0 Å². The lowest BCUT2D eigenvalue weighted by Crippen LogP contribution is -2.21. The standard InChI is InChI=1S/C11H18O3/c1-8-10(13-8)7-11(12)14-9-5-3-2-4-6-9/h8-10H,2-7H2,1H3. The van der Waals surface area contributed by atoms with Crippen molar-refractivity contribution in [3.63, 3.8) is 0 Å². The molecule has 3 nitrogen and oxygen atoms in total. The van der Waals surface area contributed by atoms with E-state index in [4.69, 9.17) is 9.47 Å². The number of epoxide rings is 1. The number of rotatable bonds is 3. The van der Waals surface area contributed by atoms with E-state index in [-0.39, 0.29) is 24.3 Å². The van der Waals surface area contributed by atoms with Crippen molar-refractivity contribution in [2.75, 3.05) is 0 Å². The molecule has 2 atom stereocenters. The zero-order valence-corrected chi connectivity index (χ0v) is 8.70. The Morgan fingerprint density at radius 2 is 2.00 bits per heavy atom. The first-order valence-electron chi connectivity index (χ1n) is 5.60. The van der Waals surface area contributed by atoms with Crippen molar-refractivity contribution in [2.45, 2.75) is 63.8 Å². The van der Waals surface area contributed by atoms with Crippen LogP contribution in [-0.2, 0) is 14.3 Å². The third-order valence-electron chi connectivity index (χ3n) is 3.05. The Balaban J connectivity index is 1.65. The molecule has 1 saturated heterocycles. The lowest BCUT2D eigenvalue weighted by Gasteiger charge is -2.21. The highest BCUT2D eigenvalue weighted by Crippen LogP contribution is 2.26. The Morgan fingerprint density at radius 3 is 2.57 bits per heavy atom. The summed E-state index contributed by atoms with van der Waals surface area (Å²) < 4.78 is 10.5. The molecule has 1 aliphatic carbocycles. The monoisotopic (exact) mass is 198 g/mol. The molecule has 1 heterocycles. The molecule has 0 radical (unpaired) electrons. The van der Waals surface area contributed by atoms with E-state index < -0.39 is 0 Å². The molecular formula is C11H18O3. The van der Waals surface area contributed by atoms with Crippen LogP contribution in [0, 0.1) is 0 Å². The minimum absolute atomic E-state index is 0.0775. The van der Waals surface area contributed by atoms with Gasteiger partial charge in [-0.1, -0.05) is 6.42 Å². The van der Waals surface area contributed by atoms with Crippen LogP contribution in [0.5, 0.6) is 0 Å². The molecule has 0 amide bonds. The number of hydrogen-bond donors (Lipinski definition) is 0. The molecule has 1 aliphatic heterocycles. The predicted molar refractivity (Wildman–Crippen MR) is 51.9 cm³/mol. The van der Waals surface area contributed by atoms with Crippen LogP contribution in [0.2, 0.25) is 0 Å². The van der Waals surface area contributed by atoms with E-state index in [0.717, 1.165) is 12.8 Å². The third-order valence-corrected chi connectivity index (χ3v) is 3.05. The van der Waals surface area contributed by atoms with Crippen LogP contribution in [-0.4, -0.2) is 24.3 Å². The van der Waals surface area contributed by atoms with Gasteiger partial charge in [0.1, 0.15) is 6.10 Å². The highest BCUT2D eigenvalue weighted by atomic mass is 16.6. The van der Waals surface area contributed by atoms with Gasteiger partial charge in [-0.3, -0.25) is 4.79 Å². The van der Waals surface area contributed by atoms with Crippen molar-refractivity contribution in [2.24, 2.45) is 0 Å². The third kappa shape index (κ3) is 2.71. The molecule has 2 aliphatic rings. The predicted octanol–water partition coefficient (Wildman–Crippen LogP) is 2.04. The van der Waals surface area contributed by atoms with E-state index in [2.05, 4.69) is 0 Å². The highest BCUT2D eigenvalue weighted by molar-refractivity contribution is 5.70. The molecule has 0 aromatic rings. The maximum atomic E-state index is 11.4. The number of hydrogen-bond acceptors (Lipinski definition) is 3. The van der Waals surface area contributed by atoms with Gasteiger partial charge in [0, 0.05) is 0 Å². The van der Waals surface area contributed by atoms with Gasteiger partial charge in [-0.2, -0.15) is 0 Å². The fraction of sp³-hybridized carbons (Fsp3) is 0.909. The molecule has 80 valence electrons. The van der Waals surface area contributed by atoms with Crippen LogP contribution in [0.25, 0.3) is 0 Å². The fourth-order valence-corrected chi connectivity index (χ4v) is 2.03. The Kier molecular flexibility index (Phi) is 3.06. The van der Waals surface area contributed by atoms with Crippen molar-refractivity contribution in [1.29, 1.82) is 0 Å². The summed E-state index contributed by atoms with van der Waals surface area (Å²) in [6.07, 6.45) is 6.81. The lowest BCUT2D eigenvalue weighted by atomic mass is 9.98. The number of esters is 1. The van der Waals surface area contributed by atoms with Crippen molar-refractivity contribution in [3.05, 3.63) is 0 Å². The van der Waals surface area contributed by atoms with Crippen LogP contribution < -0.4 is 0 Å². The first-order valence-corrected chi connectivity index (χ1v) is 5.60. The average Bonchev–Trinajstić information content (AvgIpc) is 2.83. The second kappa shape index (κ2) is 4.30. The molecule has 2 unspecified atom stereocenters. The summed E-state index contributed by atoms with van der Waals surface area (Å²) >= 11 is 0. The van der Waals surface area contributed by atoms with Crippen LogP contribution in [0.15, 0.2) is 0 Å². The van der Waals surface area contributed by atoms with E-state index in [9.17, 15) is 4.79 Å². The highest BCUT2D eigenvalue weighted by Gasteiger charge is 2.36. The van der Waals surface area contributed by atoms with E-state index in [0.29, 0.717) is 6.42 Å². The molecule has 0 bridgehead atoms. The minimum Gasteiger partial charge on any atom is -0.462 e. The smallest absolute Gasteiger partial charge is 0.308 e. The molecule has 0 aromatic heterocycles. The van der Waals surface area contributed by atoms with Crippen LogP contribution >= 0.6 is 0 Å². The minimum atomic E-state index is -0.0775. The summed E-state index contributed by atoms with van der Waals surface area (Å²) in [5, 5.41) is 0. The molecule has 0 aromatic carbocycles. The topological polar surface area (TPSA) is 38.8 Å². The zero-order chi connectivity index (χ0) is 9.97. The maximum absolute atomic E-state index is 11.4. The number of ether oxygens (including phenoxy) is 2. The second-order valence-corrected chi connectivity index (χ2v) is 4.33. The normalized spacial score (nSPS) is 32.6. The molecule has 3 heteroatoms. The molecular weight excluding hydrogens is 180 g/mol. The first kappa shape index (κ1) is 9.97. The summed E-state index contributed by atoms with van der Waals surface area (Å²) in [4.78, 5) is 11.4. The largest absolute Gasteiger partial charge is 0.462 e. The van der Waals surface area contributed by atoms with E-state index in [1.165, 1.54) is 19.3 Å². The van der Waals surface area contributed by atoms with Gasteiger partial charge in [-0.05, 0) is 32.6 Å². The average molecular weight is 198 g/mol. The van der Waals surface area contributed by atoms with E-state index in [1.807, 2.05) is 6.92 Å². The lowest BCUT2D eigenvalue weighted by molar-refractivity contribution is -0.150. The molecule has 0 spiro atoms. The SMILES string of the molecule is CC1OC1CC(=O)OC1CCCCC1. The van der Waals surface area contributed by atoms with Gasteiger partial charge in [0.05, 0.1) is 18.6 Å². The van der Waals surface area contributed by atoms with Crippen molar-refractivity contribution in [1.82, 2.24) is 0 Å². The van der Waals surface area contributed by atoms with Gasteiger partial charge < -0.3 is 9.47 Å². The van der Waals surface area contributed by atoms with E-state index in [1.54, 1.807) is 0 Å². The van der Waals surface area contributed by atoms with Gasteiger partial charge in [0.25, 0.3) is 0 Å². The zero-order valence-electron chi connectivity index (χ0n) is 8.70. The van der Waals surface area contributed by atoms with Gasteiger partial charge in [-0.25, -0.2) is 0 Å². The van der Waals surface area contributed by atoms with Crippen LogP contribution in [0.3, 0.4) is 0 Å². The summed E-state index contributed by atoms with van der Waals surface area (Å²) in [7, 11) is 0. The second-order valence-electron chi connectivity index (χ2n) is 4.33. The maximum Gasteiger partial charge on any atom is 0.308 e. The van der Waals surface area contributed by atoms with Crippen LogP contribution in [0.1, 0.15) is 45.4 Å². The summed E-state index contributed by atoms with van der Waals surface area (Å²) in [5.41, 5.74) is 0. The Hall–Kier alpha value is -0.570. The van der Waals surface area contributed by atoms with Crippen molar-refractivity contribution in [3.8, 4) is 0 Å². The first-order chi connectivity index (χ1) is 6.75. The molecule has 0 N–H and O–H groups in total. The fourth-order valence-electron chi connectivity index (χ4n) is 2.03. The summed E-state index contributed by atoms with van der Waals surface area (Å²) in [5.74, 6) is -0.0775. The summed E-state index contributed by atoms with van der Waals surface area (Å²) in [6.45, 7) is 1.98. The van der Waals surface area contributed by atoms with Crippen molar-refractivity contribution < 1.29 is 14.3 Å². The quantitative estimate of drug-likeness (QED) is 0.514. The molecule has 2 fully saturated rings. The van der Waals surface area contributed by atoms with Crippen LogP contribution in [0.4, 0.5) is 0 Å². The summed E-state index contributed by atoms with van der Waals surface area (Å²) in [6, 6.07) is 0. The van der Waals surface area contributed by atoms with E-state index >= 15 is 0 Å². The van der Waals surface area contributed by atoms with Gasteiger partial charge in [0.15, 0.2) is 0 Å². The molecule has 14 heavy (non-hydrogen) atoms. The molecule has 2 rings (SSSR count). The Morgan fingerprint density at radius 1 is 1.36 bits per heavy atom. The number of carbonyl (C=O) groups is 1. The molecule has 1 saturated carbocycles. The Labute approximate surface area is 84.8 Å².